The molecule has 5 heteroatoms. The summed E-state index contributed by atoms with van der Waals surface area (Å²) in [5.74, 6) is 0.273. The number of anilines is 1. The van der Waals surface area contributed by atoms with Crippen molar-refractivity contribution in [1.29, 1.82) is 0 Å². The van der Waals surface area contributed by atoms with E-state index in [1.165, 1.54) is 9.87 Å². The van der Waals surface area contributed by atoms with Gasteiger partial charge >= 0.3 is 0 Å². The number of sulfonamides is 1. The molecule has 2 aromatic carbocycles. The molecule has 2 rings (SSSR count). The summed E-state index contributed by atoms with van der Waals surface area (Å²) in [5.41, 5.74) is 1.90. The Morgan fingerprint density at radius 3 is 2.08 bits per heavy atom. The molecular formula is C19H25NO2S2. The Morgan fingerprint density at radius 1 is 1.00 bits per heavy atom. The van der Waals surface area contributed by atoms with Crippen molar-refractivity contribution in [1.82, 2.24) is 0 Å². The molecule has 1 atom stereocenters. The first-order chi connectivity index (χ1) is 11.4. The number of hydrogen-bond donors (Lipinski definition) is 1. The molecule has 1 unspecified atom stereocenters. The minimum absolute atomic E-state index is 0.273. The highest BCUT2D eigenvalue weighted by Crippen LogP contribution is 2.26. The Labute approximate surface area is 151 Å². The molecule has 0 saturated carbocycles. The normalized spacial score (nSPS) is 12.8. The van der Waals surface area contributed by atoms with E-state index in [2.05, 4.69) is 33.4 Å². The summed E-state index contributed by atoms with van der Waals surface area (Å²) in [6, 6.07) is 14.4. The molecule has 130 valence electrons. The fourth-order valence-corrected chi connectivity index (χ4v) is 4.13. The number of rotatable bonds is 7. The highest BCUT2D eigenvalue weighted by Gasteiger charge is 2.26. The van der Waals surface area contributed by atoms with Crippen LogP contribution in [-0.2, 0) is 16.4 Å². The van der Waals surface area contributed by atoms with Crippen molar-refractivity contribution in [2.24, 2.45) is 5.92 Å². The Kier molecular flexibility index (Phi) is 6.35. The van der Waals surface area contributed by atoms with E-state index >= 15 is 0 Å². The quantitative estimate of drug-likeness (QED) is 0.719. The minimum Gasteiger partial charge on any atom is -0.266 e. The summed E-state index contributed by atoms with van der Waals surface area (Å²) in [5, 5.41) is 0. The molecule has 0 aromatic heterocycles. The SMILES string of the molecule is CCc1ccc(N(CC(C)CC)S(=O)(=O)c2ccc(S)cc2)cc1. The Balaban J connectivity index is 2.45. The lowest BCUT2D eigenvalue weighted by molar-refractivity contribution is 0.551. The van der Waals surface area contributed by atoms with Crippen LogP contribution in [0.15, 0.2) is 58.3 Å². The molecule has 0 fully saturated rings. The standard InChI is InChI=1S/C19H25NO2S2/c1-4-15(3)14-20(17-8-6-16(5-2)7-9-17)24(21,22)19-12-10-18(23)11-13-19/h6-13,15,23H,4-5,14H2,1-3H3. The third-order valence-electron chi connectivity index (χ3n) is 4.23. The van der Waals surface area contributed by atoms with Gasteiger partial charge in [-0.3, -0.25) is 4.31 Å². The monoisotopic (exact) mass is 363 g/mol. The average Bonchev–Trinajstić information content (AvgIpc) is 2.59. The van der Waals surface area contributed by atoms with Crippen molar-refractivity contribution >= 4 is 28.3 Å². The molecule has 0 bridgehead atoms. The molecule has 0 spiro atoms. The van der Waals surface area contributed by atoms with E-state index in [1.54, 1.807) is 24.3 Å². The molecule has 0 aliphatic rings. The summed E-state index contributed by atoms with van der Waals surface area (Å²) in [4.78, 5) is 1.04. The van der Waals surface area contributed by atoms with Crippen LogP contribution >= 0.6 is 12.6 Å². The lowest BCUT2D eigenvalue weighted by Gasteiger charge is -2.27. The van der Waals surface area contributed by atoms with Gasteiger partial charge in [-0.1, -0.05) is 39.3 Å². The molecule has 3 nitrogen and oxygen atoms in total. The fourth-order valence-electron chi connectivity index (χ4n) is 2.40. The lowest BCUT2D eigenvalue weighted by Crippen LogP contribution is -2.34. The van der Waals surface area contributed by atoms with Crippen LogP contribution in [0.4, 0.5) is 5.69 Å². The molecule has 0 N–H and O–H groups in total. The zero-order valence-electron chi connectivity index (χ0n) is 14.4. The van der Waals surface area contributed by atoms with Crippen LogP contribution in [-0.4, -0.2) is 15.0 Å². The van der Waals surface area contributed by atoms with E-state index < -0.39 is 10.0 Å². The molecule has 0 radical (unpaired) electrons. The van der Waals surface area contributed by atoms with Crippen molar-refractivity contribution < 1.29 is 8.42 Å². The predicted octanol–water partition coefficient (Wildman–Crippen LogP) is 4.78. The van der Waals surface area contributed by atoms with Gasteiger partial charge in [0, 0.05) is 11.4 Å². The van der Waals surface area contributed by atoms with E-state index in [4.69, 9.17) is 0 Å². The van der Waals surface area contributed by atoms with Crippen molar-refractivity contribution in [2.45, 2.75) is 43.4 Å². The van der Waals surface area contributed by atoms with Crippen LogP contribution in [0.5, 0.6) is 0 Å². The van der Waals surface area contributed by atoms with Crippen LogP contribution < -0.4 is 4.31 Å². The topological polar surface area (TPSA) is 37.4 Å². The second kappa shape index (κ2) is 8.08. The molecule has 0 amide bonds. The van der Waals surface area contributed by atoms with Gasteiger partial charge in [-0.2, -0.15) is 0 Å². The van der Waals surface area contributed by atoms with E-state index in [0.29, 0.717) is 17.1 Å². The Hall–Kier alpha value is -1.46. The summed E-state index contributed by atoms with van der Waals surface area (Å²) >= 11 is 4.23. The number of thiol groups is 1. The van der Waals surface area contributed by atoms with Gasteiger partial charge in [-0.25, -0.2) is 8.42 Å². The van der Waals surface area contributed by atoms with Crippen LogP contribution in [0.25, 0.3) is 0 Å². The van der Waals surface area contributed by atoms with Crippen molar-refractivity contribution in [3.63, 3.8) is 0 Å². The van der Waals surface area contributed by atoms with Crippen molar-refractivity contribution in [3.8, 4) is 0 Å². The molecule has 0 saturated heterocycles. The summed E-state index contributed by atoms with van der Waals surface area (Å²) in [6.45, 7) is 6.69. The van der Waals surface area contributed by atoms with Crippen LogP contribution in [0.2, 0.25) is 0 Å². The van der Waals surface area contributed by atoms with Crippen LogP contribution in [0, 0.1) is 5.92 Å². The van der Waals surface area contributed by atoms with Gasteiger partial charge in [0.05, 0.1) is 10.6 Å². The van der Waals surface area contributed by atoms with Gasteiger partial charge in [0.15, 0.2) is 0 Å². The molecule has 0 heterocycles. The van der Waals surface area contributed by atoms with Gasteiger partial charge < -0.3 is 0 Å². The van der Waals surface area contributed by atoms with E-state index in [9.17, 15) is 8.42 Å². The molecule has 24 heavy (non-hydrogen) atoms. The zero-order valence-corrected chi connectivity index (χ0v) is 16.1. The first-order valence-corrected chi connectivity index (χ1v) is 10.2. The van der Waals surface area contributed by atoms with E-state index in [0.717, 1.165) is 17.7 Å². The molecule has 2 aromatic rings. The van der Waals surface area contributed by atoms with Crippen molar-refractivity contribution in [3.05, 3.63) is 54.1 Å². The van der Waals surface area contributed by atoms with Gasteiger partial charge in [0.1, 0.15) is 0 Å². The van der Waals surface area contributed by atoms with Crippen LogP contribution in [0.3, 0.4) is 0 Å². The third kappa shape index (κ3) is 4.33. The van der Waals surface area contributed by atoms with Gasteiger partial charge in [0.2, 0.25) is 0 Å². The smallest absolute Gasteiger partial charge is 0.264 e. The van der Waals surface area contributed by atoms with E-state index in [1.807, 2.05) is 24.3 Å². The highest BCUT2D eigenvalue weighted by atomic mass is 32.2. The fraction of sp³-hybridized carbons (Fsp3) is 0.368. The summed E-state index contributed by atoms with van der Waals surface area (Å²) < 4.78 is 27.8. The zero-order chi connectivity index (χ0) is 17.7. The molecular weight excluding hydrogens is 338 g/mol. The Bertz CT molecular complexity index is 753. The Morgan fingerprint density at radius 2 is 1.58 bits per heavy atom. The second-order valence-corrected chi connectivity index (χ2v) is 8.44. The highest BCUT2D eigenvalue weighted by molar-refractivity contribution is 7.92. The average molecular weight is 364 g/mol. The summed E-state index contributed by atoms with van der Waals surface area (Å²) in [6.07, 6.45) is 1.86. The van der Waals surface area contributed by atoms with Gasteiger partial charge in [0.25, 0.3) is 10.0 Å². The van der Waals surface area contributed by atoms with Crippen molar-refractivity contribution in [2.75, 3.05) is 10.8 Å². The summed E-state index contributed by atoms with van der Waals surface area (Å²) in [7, 11) is -3.60. The molecule has 0 aliphatic heterocycles. The maximum Gasteiger partial charge on any atom is 0.264 e. The molecule has 0 aliphatic carbocycles. The second-order valence-electron chi connectivity index (χ2n) is 6.06. The number of benzene rings is 2. The largest absolute Gasteiger partial charge is 0.266 e. The maximum absolute atomic E-state index is 13.2. The minimum atomic E-state index is -3.60. The third-order valence-corrected chi connectivity index (χ3v) is 6.34. The first-order valence-electron chi connectivity index (χ1n) is 8.29. The van der Waals surface area contributed by atoms with Gasteiger partial charge in [-0.15, -0.1) is 12.6 Å². The van der Waals surface area contributed by atoms with Crippen LogP contribution in [0.1, 0.15) is 32.8 Å². The number of hydrogen-bond acceptors (Lipinski definition) is 3. The predicted molar refractivity (Wildman–Crippen MR) is 104 cm³/mol. The first kappa shape index (κ1) is 18.9. The number of nitrogens with zero attached hydrogens (tertiary/aromatic N) is 1. The van der Waals surface area contributed by atoms with Gasteiger partial charge in [-0.05, 0) is 54.3 Å². The lowest BCUT2D eigenvalue weighted by atomic mass is 10.1. The maximum atomic E-state index is 13.2. The number of aryl methyl sites for hydroxylation is 1. The van der Waals surface area contributed by atoms with E-state index in [-0.39, 0.29) is 5.92 Å².